The number of amides is 1. The minimum Gasteiger partial charge on any atom is -0.492 e. The lowest BCUT2D eigenvalue weighted by atomic mass is 9.97. The van der Waals surface area contributed by atoms with Crippen LogP contribution in [-0.2, 0) is 35.3 Å². The van der Waals surface area contributed by atoms with Crippen LogP contribution in [0.2, 0.25) is 0 Å². The van der Waals surface area contributed by atoms with E-state index in [9.17, 15) is 9.59 Å². The maximum absolute atomic E-state index is 16.2. The first-order valence-corrected chi connectivity index (χ1v) is 15.6. The highest BCUT2D eigenvalue weighted by Crippen LogP contribution is 2.43. The van der Waals surface area contributed by atoms with Crippen molar-refractivity contribution in [1.29, 1.82) is 0 Å². The summed E-state index contributed by atoms with van der Waals surface area (Å²) in [6.07, 6.45) is 1.40. The van der Waals surface area contributed by atoms with Crippen LogP contribution in [0, 0.1) is 11.6 Å². The Labute approximate surface area is 268 Å². The molecule has 46 heavy (non-hydrogen) atoms. The van der Waals surface area contributed by atoms with Gasteiger partial charge in [-0.15, -0.1) is 0 Å². The number of methoxy groups -OCH3 is 1. The van der Waals surface area contributed by atoms with Crippen LogP contribution in [0.25, 0.3) is 27.8 Å². The van der Waals surface area contributed by atoms with Crippen LogP contribution in [0.3, 0.4) is 0 Å². The van der Waals surface area contributed by atoms with Crippen LogP contribution in [0.15, 0.2) is 30.5 Å². The highest BCUT2D eigenvalue weighted by molar-refractivity contribution is 6.03. The Morgan fingerprint density at radius 3 is 2.11 bits per heavy atom. The molecule has 1 amide bonds. The quantitative estimate of drug-likeness (QED) is 0.221. The first-order chi connectivity index (χ1) is 21.6. The molecular weight excluding hydrogens is 594 g/mol. The Hall–Kier alpha value is -4.41. The van der Waals surface area contributed by atoms with Crippen LogP contribution in [0.4, 0.5) is 18.4 Å². The van der Waals surface area contributed by atoms with Crippen LogP contribution >= 0.6 is 0 Å². The Bertz CT molecular complexity index is 1810. The Morgan fingerprint density at radius 2 is 1.54 bits per heavy atom. The van der Waals surface area contributed by atoms with Crippen molar-refractivity contribution in [2.45, 2.75) is 92.4 Å². The highest BCUT2D eigenvalue weighted by atomic mass is 19.1. The van der Waals surface area contributed by atoms with Crippen molar-refractivity contribution in [3.8, 4) is 22.7 Å². The summed E-state index contributed by atoms with van der Waals surface area (Å²) >= 11 is 0. The topological polar surface area (TPSA) is 87.8 Å². The van der Waals surface area contributed by atoms with Crippen LogP contribution in [0.1, 0.15) is 77.8 Å². The SMILES string of the molecule is CCc1cccc(CC)c1-n1nc2c(c1-c1cc(F)c(OC)c3c1c(F)cn3C(=O)OC(C)(C)C)CN(C(=O)OC(C)(C)C)CC2. The van der Waals surface area contributed by atoms with Gasteiger partial charge in [-0.2, -0.15) is 5.10 Å². The summed E-state index contributed by atoms with van der Waals surface area (Å²) in [5, 5.41) is 5.01. The van der Waals surface area contributed by atoms with E-state index in [-0.39, 0.29) is 28.8 Å². The van der Waals surface area contributed by atoms with E-state index in [1.54, 1.807) is 51.1 Å². The van der Waals surface area contributed by atoms with Crippen LogP contribution in [0.5, 0.6) is 5.75 Å². The lowest BCUT2D eigenvalue weighted by Crippen LogP contribution is -2.39. The number of carbonyl (C=O) groups is 2. The molecule has 246 valence electrons. The van der Waals surface area contributed by atoms with E-state index in [1.165, 1.54) is 13.2 Å². The number of nitrogens with zero attached hydrogens (tertiary/aromatic N) is 4. The number of rotatable bonds is 5. The monoisotopic (exact) mass is 636 g/mol. The molecule has 1 aliphatic heterocycles. The molecule has 0 saturated heterocycles. The lowest BCUT2D eigenvalue weighted by Gasteiger charge is -2.30. The molecule has 0 N–H and O–H groups in total. The van der Waals surface area contributed by atoms with Gasteiger partial charge in [0.05, 0.1) is 36.9 Å². The second kappa shape index (κ2) is 12.1. The predicted molar refractivity (Wildman–Crippen MR) is 172 cm³/mol. The Morgan fingerprint density at radius 1 is 0.935 bits per heavy atom. The summed E-state index contributed by atoms with van der Waals surface area (Å²) in [5.41, 5.74) is 3.05. The van der Waals surface area contributed by atoms with Gasteiger partial charge < -0.3 is 19.1 Å². The zero-order valence-corrected chi connectivity index (χ0v) is 28.0. The third-order valence-corrected chi connectivity index (χ3v) is 7.84. The van der Waals surface area contributed by atoms with Gasteiger partial charge in [-0.1, -0.05) is 32.0 Å². The van der Waals surface area contributed by atoms with Crippen molar-refractivity contribution < 1.29 is 32.6 Å². The first kappa shape index (κ1) is 33.0. The third-order valence-electron chi connectivity index (χ3n) is 7.84. The van der Waals surface area contributed by atoms with Crippen molar-refractivity contribution in [1.82, 2.24) is 19.2 Å². The average molecular weight is 637 g/mol. The summed E-state index contributed by atoms with van der Waals surface area (Å²) in [5.74, 6) is -1.87. The number of hydrogen-bond acceptors (Lipinski definition) is 6. The predicted octanol–water partition coefficient (Wildman–Crippen LogP) is 7.98. The van der Waals surface area contributed by atoms with E-state index in [0.29, 0.717) is 42.8 Å². The normalized spacial score (nSPS) is 13.6. The smallest absolute Gasteiger partial charge is 0.419 e. The Kier molecular flexibility index (Phi) is 8.65. The number of aromatic nitrogens is 3. The molecule has 0 saturated carbocycles. The summed E-state index contributed by atoms with van der Waals surface area (Å²) in [6, 6.07) is 7.22. The second-order valence-electron chi connectivity index (χ2n) is 13.5. The molecule has 5 rings (SSSR count). The van der Waals surface area contributed by atoms with Crippen molar-refractivity contribution >= 4 is 23.1 Å². The molecular formula is C35H42F2N4O5. The molecule has 0 aliphatic carbocycles. The molecule has 0 atom stereocenters. The molecule has 0 unspecified atom stereocenters. The lowest BCUT2D eigenvalue weighted by molar-refractivity contribution is 0.0223. The Balaban J connectivity index is 1.85. The fourth-order valence-electron chi connectivity index (χ4n) is 5.95. The molecule has 2 aromatic carbocycles. The maximum atomic E-state index is 16.2. The van der Waals surface area contributed by atoms with Crippen molar-refractivity contribution in [3.63, 3.8) is 0 Å². The fourth-order valence-corrected chi connectivity index (χ4v) is 5.95. The number of carbonyl (C=O) groups excluding carboxylic acids is 2. The molecule has 2 aromatic heterocycles. The van der Waals surface area contributed by atoms with Crippen molar-refractivity contribution in [2.24, 2.45) is 0 Å². The van der Waals surface area contributed by atoms with E-state index in [2.05, 4.69) is 0 Å². The fraction of sp³-hybridized carbons (Fsp3) is 0.457. The summed E-state index contributed by atoms with van der Waals surface area (Å²) < 4.78 is 51.6. The molecule has 0 fully saturated rings. The van der Waals surface area contributed by atoms with Gasteiger partial charge in [0.2, 0.25) is 0 Å². The van der Waals surface area contributed by atoms with Gasteiger partial charge in [0.25, 0.3) is 0 Å². The van der Waals surface area contributed by atoms with Gasteiger partial charge in [0.1, 0.15) is 22.5 Å². The largest absolute Gasteiger partial charge is 0.492 e. The van der Waals surface area contributed by atoms with Gasteiger partial charge in [-0.3, -0.25) is 0 Å². The number of fused-ring (bicyclic) bond motifs is 2. The molecule has 4 aromatic rings. The summed E-state index contributed by atoms with van der Waals surface area (Å²) in [6.45, 7) is 15.0. The molecule has 0 bridgehead atoms. The molecule has 9 nitrogen and oxygen atoms in total. The molecule has 0 spiro atoms. The zero-order valence-electron chi connectivity index (χ0n) is 28.0. The van der Waals surface area contributed by atoms with E-state index < -0.39 is 35.0 Å². The number of para-hydroxylation sites is 1. The van der Waals surface area contributed by atoms with E-state index >= 15 is 8.78 Å². The van der Waals surface area contributed by atoms with E-state index in [4.69, 9.17) is 19.3 Å². The minimum atomic E-state index is -0.892. The maximum Gasteiger partial charge on any atom is 0.419 e. The van der Waals surface area contributed by atoms with Crippen LogP contribution < -0.4 is 4.74 Å². The highest BCUT2D eigenvalue weighted by Gasteiger charge is 2.35. The van der Waals surface area contributed by atoms with Gasteiger partial charge in [0.15, 0.2) is 11.6 Å². The number of benzene rings is 2. The minimum absolute atomic E-state index is 0.0329. The number of aryl methyl sites for hydroxylation is 2. The van der Waals surface area contributed by atoms with Gasteiger partial charge in [-0.05, 0) is 71.6 Å². The molecule has 0 radical (unpaired) electrons. The molecule has 3 heterocycles. The van der Waals surface area contributed by atoms with E-state index in [1.807, 2.05) is 32.0 Å². The standard InChI is InChI=1S/C35H42F2N4O5/c1-10-20-13-12-14-21(11-2)28(20)41-29(23-18-39(16-15-26(23)38-41)32(42)45-34(3,4)5)22-17-24(36)31(44-9)30-27(22)25(37)19-40(30)33(43)46-35(6,7)8/h12-14,17,19H,10-11,15-16,18H2,1-9H3. The van der Waals surface area contributed by atoms with Gasteiger partial charge in [0, 0.05) is 29.5 Å². The molecule has 11 heteroatoms. The van der Waals surface area contributed by atoms with E-state index in [0.717, 1.165) is 27.6 Å². The number of halogens is 2. The zero-order chi connectivity index (χ0) is 33.7. The summed E-state index contributed by atoms with van der Waals surface area (Å²) in [4.78, 5) is 28.1. The second-order valence-corrected chi connectivity index (χ2v) is 13.5. The summed E-state index contributed by atoms with van der Waals surface area (Å²) in [7, 11) is 1.26. The van der Waals surface area contributed by atoms with Crippen molar-refractivity contribution in [3.05, 3.63) is 64.5 Å². The average Bonchev–Trinajstić information content (AvgIpc) is 3.52. The van der Waals surface area contributed by atoms with Gasteiger partial charge >= 0.3 is 12.2 Å². The number of hydrogen-bond donors (Lipinski definition) is 0. The van der Waals surface area contributed by atoms with Crippen molar-refractivity contribution in [2.75, 3.05) is 13.7 Å². The third kappa shape index (κ3) is 6.07. The number of ether oxygens (including phenoxy) is 3. The first-order valence-electron chi connectivity index (χ1n) is 15.6. The van der Waals surface area contributed by atoms with Crippen LogP contribution in [-0.4, -0.2) is 56.3 Å². The molecule has 1 aliphatic rings. The van der Waals surface area contributed by atoms with Gasteiger partial charge in [-0.25, -0.2) is 27.6 Å².